The highest BCUT2D eigenvalue weighted by atomic mass is 16.5. The summed E-state index contributed by atoms with van der Waals surface area (Å²) in [5.41, 5.74) is 1.86. The predicted molar refractivity (Wildman–Crippen MR) is 97.5 cm³/mol. The molecule has 3 rings (SSSR count). The molecule has 1 aromatic carbocycles. The fraction of sp³-hybridized carbons (Fsp3) is 0.250. The predicted octanol–water partition coefficient (Wildman–Crippen LogP) is 3.74. The summed E-state index contributed by atoms with van der Waals surface area (Å²) < 4.78 is 5.91. The smallest absolute Gasteiger partial charge is 0.270 e. The molecule has 128 valence electrons. The number of carbonyl (C=O) groups is 1. The molecule has 0 fully saturated rings. The number of benzene rings is 1. The van der Waals surface area contributed by atoms with Gasteiger partial charge in [0.1, 0.15) is 11.4 Å². The van der Waals surface area contributed by atoms with Crippen molar-refractivity contribution >= 4 is 16.9 Å². The number of fused-ring (bicyclic) bond motifs is 1. The van der Waals surface area contributed by atoms with Gasteiger partial charge in [0, 0.05) is 23.7 Å². The second kappa shape index (κ2) is 7.75. The number of aromatic nitrogens is 2. The van der Waals surface area contributed by atoms with Gasteiger partial charge in [0.2, 0.25) is 0 Å². The summed E-state index contributed by atoms with van der Waals surface area (Å²) in [6.45, 7) is 4.49. The molecule has 5 heteroatoms. The number of para-hydroxylation sites is 1. The van der Waals surface area contributed by atoms with Crippen LogP contribution in [0.15, 0.2) is 54.7 Å². The van der Waals surface area contributed by atoms with Crippen molar-refractivity contribution in [2.45, 2.75) is 32.9 Å². The van der Waals surface area contributed by atoms with E-state index in [1.807, 2.05) is 49.4 Å². The molecule has 1 atom stereocenters. The van der Waals surface area contributed by atoms with E-state index in [9.17, 15) is 4.79 Å². The zero-order valence-corrected chi connectivity index (χ0v) is 14.4. The van der Waals surface area contributed by atoms with Crippen molar-refractivity contribution in [2.75, 3.05) is 0 Å². The van der Waals surface area contributed by atoms with Crippen LogP contribution in [-0.2, 0) is 6.54 Å². The van der Waals surface area contributed by atoms with Gasteiger partial charge in [-0.3, -0.25) is 4.79 Å². The molecule has 0 radical (unpaired) electrons. The summed E-state index contributed by atoms with van der Waals surface area (Å²) in [4.78, 5) is 20.9. The minimum absolute atomic E-state index is 0.130. The molecule has 0 unspecified atom stereocenters. The molecule has 1 N–H and O–H groups in total. The highest BCUT2D eigenvalue weighted by molar-refractivity contribution is 5.94. The average molecular weight is 335 g/mol. The van der Waals surface area contributed by atoms with Crippen LogP contribution in [0.5, 0.6) is 5.75 Å². The first-order valence-electron chi connectivity index (χ1n) is 8.42. The fourth-order valence-electron chi connectivity index (χ4n) is 2.41. The largest absolute Gasteiger partial charge is 0.490 e. The highest BCUT2D eigenvalue weighted by Gasteiger charge is 2.11. The molecular formula is C20H21N3O2. The molecule has 0 bridgehead atoms. The summed E-state index contributed by atoms with van der Waals surface area (Å²) in [5, 5.41) is 3.81. The van der Waals surface area contributed by atoms with Crippen LogP contribution < -0.4 is 10.1 Å². The minimum Gasteiger partial charge on any atom is -0.490 e. The first-order chi connectivity index (χ1) is 12.2. The van der Waals surface area contributed by atoms with Gasteiger partial charge in [0.15, 0.2) is 5.65 Å². The monoisotopic (exact) mass is 335 g/mol. The Morgan fingerprint density at radius 3 is 2.84 bits per heavy atom. The second-order valence-corrected chi connectivity index (χ2v) is 5.87. The zero-order valence-electron chi connectivity index (χ0n) is 14.4. The van der Waals surface area contributed by atoms with E-state index < -0.39 is 0 Å². The van der Waals surface area contributed by atoms with E-state index in [1.54, 1.807) is 12.3 Å². The molecule has 0 aliphatic rings. The van der Waals surface area contributed by atoms with Gasteiger partial charge in [-0.05, 0) is 43.7 Å². The van der Waals surface area contributed by atoms with Crippen LogP contribution in [0, 0.1) is 0 Å². The Kier molecular flexibility index (Phi) is 5.23. The lowest BCUT2D eigenvalue weighted by molar-refractivity contribution is 0.0945. The Morgan fingerprint density at radius 2 is 2.00 bits per heavy atom. The van der Waals surface area contributed by atoms with E-state index in [-0.39, 0.29) is 12.0 Å². The number of carbonyl (C=O) groups excluding carboxylic acids is 1. The van der Waals surface area contributed by atoms with E-state index >= 15 is 0 Å². The summed E-state index contributed by atoms with van der Waals surface area (Å²) in [7, 11) is 0. The number of nitrogens with one attached hydrogen (secondary N) is 1. The van der Waals surface area contributed by atoms with Crippen molar-refractivity contribution in [2.24, 2.45) is 0 Å². The number of pyridine rings is 2. The maximum atomic E-state index is 12.4. The van der Waals surface area contributed by atoms with E-state index in [1.165, 1.54) is 0 Å². The van der Waals surface area contributed by atoms with Gasteiger partial charge in [-0.25, -0.2) is 9.97 Å². The Balaban J connectivity index is 1.71. The third-order valence-electron chi connectivity index (χ3n) is 4.01. The topological polar surface area (TPSA) is 64.1 Å². The van der Waals surface area contributed by atoms with Gasteiger partial charge in [-0.1, -0.05) is 25.1 Å². The number of ether oxygens (including phenoxy) is 1. The first kappa shape index (κ1) is 16.9. The quantitative estimate of drug-likeness (QED) is 0.745. The van der Waals surface area contributed by atoms with E-state index in [0.717, 1.165) is 23.1 Å². The summed E-state index contributed by atoms with van der Waals surface area (Å²) in [6.07, 6.45) is 2.72. The second-order valence-electron chi connectivity index (χ2n) is 5.87. The van der Waals surface area contributed by atoms with Crippen molar-refractivity contribution in [3.63, 3.8) is 0 Å². The lowest BCUT2D eigenvalue weighted by Crippen LogP contribution is -2.24. The normalized spacial score (nSPS) is 11.9. The van der Waals surface area contributed by atoms with E-state index in [2.05, 4.69) is 22.2 Å². The summed E-state index contributed by atoms with van der Waals surface area (Å²) in [5.74, 6) is 0.566. The molecule has 3 aromatic rings. The average Bonchev–Trinajstić information content (AvgIpc) is 2.66. The van der Waals surface area contributed by atoms with Crippen LogP contribution >= 0.6 is 0 Å². The minimum atomic E-state index is -0.231. The number of nitrogens with zero attached hydrogens (tertiary/aromatic N) is 2. The molecular weight excluding hydrogens is 314 g/mol. The van der Waals surface area contributed by atoms with Crippen molar-refractivity contribution in [3.8, 4) is 5.75 Å². The molecule has 0 saturated carbocycles. The molecule has 5 nitrogen and oxygen atoms in total. The van der Waals surface area contributed by atoms with Crippen molar-refractivity contribution in [3.05, 3.63) is 66.0 Å². The molecule has 0 spiro atoms. The fourth-order valence-corrected chi connectivity index (χ4v) is 2.41. The zero-order chi connectivity index (χ0) is 17.6. The maximum Gasteiger partial charge on any atom is 0.270 e. The van der Waals surface area contributed by atoms with Crippen molar-refractivity contribution in [1.29, 1.82) is 0 Å². The van der Waals surface area contributed by atoms with Crippen molar-refractivity contribution < 1.29 is 9.53 Å². The molecule has 2 aromatic heterocycles. The first-order valence-corrected chi connectivity index (χ1v) is 8.42. The van der Waals surface area contributed by atoms with Crippen LogP contribution in [0.4, 0.5) is 0 Å². The Bertz CT molecular complexity index is 879. The molecule has 25 heavy (non-hydrogen) atoms. The van der Waals surface area contributed by atoms with Gasteiger partial charge in [-0.2, -0.15) is 0 Å². The van der Waals surface area contributed by atoms with Crippen molar-refractivity contribution in [1.82, 2.24) is 15.3 Å². The van der Waals surface area contributed by atoms with Crippen LogP contribution in [0.3, 0.4) is 0 Å². The van der Waals surface area contributed by atoms with Crippen LogP contribution in [0.25, 0.3) is 11.0 Å². The Labute approximate surface area is 147 Å². The van der Waals surface area contributed by atoms with Crippen LogP contribution in [0.1, 0.15) is 36.3 Å². The Hall–Kier alpha value is -2.95. The SMILES string of the molecule is CC[C@@H](C)Oc1ccccc1CNC(=O)c1ccc2cccnc2n1. The number of hydrogen-bond acceptors (Lipinski definition) is 4. The van der Waals surface area contributed by atoms with E-state index in [4.69, 9.17) is 4.74 Å². The number of amides is 1. The maximum absolute atomic E-state index is 12.4. The molecule has 0 aliphatic carbocycles. The summed E-state index contributed by atoms with van der Waals surface area (Å²) >= 11 is 0. The molecule has 0 aliphatic heterocycles. The third kappa shape index (κ3) is 4.12. The van der Waals surface area contributed by atoms with Gasteiger partial charge >= 0.3 is 0 Å². The lowest BCUT2D eigenvalue weighted by atomic mass is 10.2. The summed E-state index contributed by atoms with van der Waals surface area (Å²) in [6, 6.07) is 15.1. The molecule has 0 saturated heterocycles. The molecule has 2 heterocycles. The third-order valence-corrected chi connectivity index (χ3v) is 4.01. The van der Waals surface area contributed by atoms with Gasteiger partial charge < -0.3 is 10.1 Å². The van der Waals surface area contributed by atoms with Gasteiger partial charge in [0.05, 0.1) is 6.10 Å². The number of hydrogen-bond donors (Lipinski definition) is 1. The van der Waals surface area contributed by atoms with E-state index in [0.29, 0.717) is 17.9 Å². The number of rotatable bonds is 6. The van der Waals surface area contributed by atoms with Gasteiger partial charge in [-0.15, -0.1) is 0 Å². The van der Waals surface area contributed by atoms with Gasteiger partial charge in [0.25, 0.3) is 5.91 Å². The standard InChI is InChI=1S/C20H21N3O2/c1-3-14(2)25-18-9-5-4-7-16(18)13-22-20(24)17-11-10-15-8-6-12-21-19(15)23-17/h4-12,14H,3,13H2,1-2H3,(H,22,24)/t14-/m1/s1. The van der Waals surface area contributed by atoms with Crippen LogP contribution in [0.2, 0.25) is 0 Å². The lowest BCUT2D eigenvalue weighted by Gasteiger charge is -2.16. The van der Waals surface area contributed by atoms with Crippen LogP contribution in [-0.4, -0.2) is 22.0 Å². The Morgan fingerprint density at radius 1 is 1.16 bits per heavy atom. The highest BCUT2D eigenvalue weighted by Crippen LogP contribution is 2.20. The molecule has 1 amide bonds.